The van der Waals surface area contributed by atoms with Gasteiger partial charge < -0.3 is 13.8 Å². The van der Waals surface area contributed by atoms with Gasteiger partial charge in [0.1, 0.15) is 6.54 Å². The molecule has 1 aliphatic heterocycles. The number of thiophene rings is 1. The first kappa shape index (κ1) is 16.9. The molecule has 1 amide bonds. The van der Waals surface area contributed by atoms with Crippen LogP contribution in [0.5, 0.6) is 0 Å². The predicted molar refractivity (Wildman–Crippen MR) is 102 cm³/mol. The van der Waals surface area contributed by atoms with Gasteiger partial charge in [-0.2, -0.15) is 16.3 Å². The maximum Gasteiger partial charge on any atom is 0.420 e. The van der Waals surface area contributed by atoms with Gasteiger partial charge in [-0.3, -0.25) is 9.36 Å². The Labute approximate surface area is 163 Å². The number of nitrogens with zero attached hydrogens (tertiary/aromatic N) is 4. The SMILES string of the molecule is O=C(Cn1c(=O)oc2ccccc21)N1CC[C@@H](c2noc(-c3ccsc3)n2)C1. The zero-order chi connectivity index (χ0) is 19.1. The number of para-hydroxylation sites is 2. The molecule has 0 N–H and O–H groups in total. The van der Waals surface area contributed by atoms with E-state index < -0.39 is 5.76 Å². The largest absolute Gasteiger partial charge is 0.420 e. The number of amides is 1. The van der Waals surface area contributed by atoms with Crippen molar-refractivity contribution in [3.05, 3.63) is 57.5 Å². The first-order valence-corrected chi connectivity index (χ1v) is 9.85. The summed E-state index contributed by atoms with van der Waals surface area (Å²) in [6.45, 7) is 1.05. The highest BCUT2D eigenvalue weighted by Gasteiger charge is 2.31. The summed E-state index contributed by atoms with van der Waals surface area (Å²) in [5, 5.41) is 8.00. The number of hydrogen-bond donors (Lipinski definition) is 0. The molecule has 0 saturated carbocycles. The van der Waals surface area contributed by atoms with E-state index in [-0.39, 0.29) is 18.4 Å². The van der Waals surface area contributed by atoms with Crippen molar-refractivity contribution in [2.75, 3.05) is 13.1 Å². The number of fused-ring (bicyclic) bond motifs is 1. The third-order valence-electron chi connectivity index (χ3n) is 4.98. The summed E-state index contributed by atoms with van der Waals surface area (Å²) in [7, 11) is 0. The van der Waals surface area contributed by atoms with Crippen LogP contribution in [0.1, 0.15) is 18.2 Å². The highest BCUT2D eigenvalue weighted by Crippen LogP contribution is 2.28. The average Bonchev–Trinajstić information content (AvgIpc) is 3.48. The summed E-state index contributed by atoms with van der Waals surface area (Å²) in [4.78, 5) is 31.0. The van der Waals surface area contributed by atoms with Crippen molar-refractivity contribution in [1.82, 2.24) is 19.6 Å². The molecule has 1 saturated heterocycles. The standard InChI is InChI=1S/C19H16N4O4S/c24-16(10-23-14-3-1-2-4-15(14)26-19(23)25)22-7-5-12(9-22)17-20-18(27-21-17)13-6-8-28-11-13/h1-4,6,8,11-12H,5,7,9-10H2/t12-/m1/s1. The van der Waals surface area contributed by atoms with Gasteiger partial charge in [-0.05, 0) is 30.0 Å². The van der Waals surface area contributed by atoms with E-state index >= 15 is 0 Å². The number of carbonyl (C=O) groups excluding carboxylic acids is 1. The summed E-state index contributed by atoms with van der Waals surface area (Å²) >= 11 is 1.57. The summed E-state index contributed by atoms with van der Waals surface area (Å²) in [6, 6.07) is 9.01. The predicted octanol–water partition coefficient (Wildman–Crippen LogP) is 2.72. The smallest absolute Gasteiger partial charge is 0.408 e. The molecule has 3 aromatic heterocycles. The highest BCUT2D eigenvalue weighted by molar-refractivity contribution is 7.08. The molecule has 0 radical (unpaired) electrons. The molecular weight excluding hydrogens is 380 g/mol. The van der Waals surface area contributed by atoms with Crippen molar-refractivity contribution in [3.63, 3.8) is 0 Å². The van der Waals surface area contributed by atoms with Gasteiger partial charge >= 0.3 is 5.76 Å². The van der Waals surface area contributed by atoms with Crippen LogP contribution in [0.4, 0.5) is 0 Å². The molecule has 0 spiro atoms. The first-order chi connectivity index (χ1) is 13.7. The van der Waals surface area contributed by atoms with Gasteiger partial charge in [0.25, 0.3) is 5.89 Å². The minimum Gasteiger partial charge on any atom is -0.408 e. The van der Waals surface area contributed by atoms with Crippen molar-refractivity contribution >= 4 is 28.3 Å². The van der Waals surface area contributed by atoms with Gasteiger partial charge in [-0.25, -0.2) is 4.79 Å². The van der Waals surface area contributed by atoms with Gasteiger partial charge in [-0.15, -0.1) is 0 Å². The molecule has 5 rings (SSSR count). The summed E-state index contributed by atoms with van der Waals surface area (Å²) in [6.07, 6.45) is 0.759. The number of hydrogen-bond acceptors (Lipinski definition) is 7. The second kappa shape index (κ2) is 6.75. The Morgan fingerprint density at radius 3 is 3.04 bits per heavy atom. The second-order valence-electron chi connectivity index (χ2n) is 6.72. The molecule has 1 aliphatic rings. The number of oxazole rings is 1. The monoisotopic (exact) mass is 396 g/mol. The van der Waals surface area contributed by atoms with Gasteiger partial charge in [0.15, 0.2) is 11.4 Å². The zero-order valence-corrected chi connectivity index (χ0v) is 15.6. The van der Waals surface area contributed by atoms with Gasteiger partial charge in [0, 0.05) is 24.4 Å². The fourth-order valence-electron chi connectivity index (χ4n) is 3.50. The minimum atomic E-state index is -0.524. The summed E-state index contributed by atoms with van der Waals surface area (Å²) < 4.78 is 11.9. The van der Waals surface area contributed by atoms with Crippen LogP contribution in [0, 0.1) is 0 Å². The topological polar surface area (TPSA) is 94.4 Å². The van der Waals surface area contributed by atoms with Crippen LogP contribution in [0.25, 0.3) is 22.6 Å². The second-order valence-corrected chi connectivity index (χ2v) is 7.50. The molecule has 9 heteroatoms. The lowest BCUT2D eigenvalue weighted by Crippen LogP contribution is -2.34. The van der Waals surface area contributed by atoms with Crippen LogP contribution >= 0.6 is 11.3 Å². The Morgan fingerprint density at radius 2 is 2.18 bits per heavy atom. The maximum atomic E-state index is 12.7. The van der Waals surface area contributed by atoms with Crippen molar-refractivity contribution in [3.8, 4) is 11.5 Å². The van der Waals surface area contributed by atoms with E-state index in [1.165, 1.54) is 4.57 Å². The van der Waals surface area contributed by atoms with Crippen molar-refractivity contribution in [1.29, 1.82) is 0 Å². The average molecular weight is 396 g/mol. The van der Waals surface area contributed by atoms with E-state index in [0.29, 0.717) is 35.9 Å². The summed E-state index contributed by atoms with van der Waals surface area (Å²) in [5.74, 6) is 0.486. The Kier molecular flexibility index (Phi) is 4.09. The van der Waals surface area contributed by atoms with Crippen molar-refractivity contribution in [2.45, 2.75) is 18.9 Å². The van der Waals surface area contributed by atoms with Crippen LogP contribution in [0.15, 0.2) is 54.8 Å². The number of rotatable bonds is 4. The molecule has 1 fully saturated rings. The molecule has 4 aromatic rings. The zero-order valence-electron chi connectivity index (χ0n) is 14.8. The molecule has 1 aromatic carbocycles. The Balaban J connectivity index is 1.30. The third kappa shape index (κ3) is 2.93. The van der Waals surface area contributed by atoms with Crippen LogP contribution < -0.4 is 5.76 Å². The summed E-state index contributed by atoms with van der Waals surface area (Å²) in [5.41, 5.74) is 2.00. The molecule has 0 bridgehead atoms. The maximum absolute atomic E-state index is 12.7. The van der Waals surface area contributed by atoms with E-state index in [2.05, 4.69) is 10.1 Å². The molecule has 1 atom stereocenters. The fourth-order valence-corrected chi connectivity index (χ4v) is 4.13. The van der Waals surface area contributed by atoms with Gasteiger partial charge in [0.05, 0.1) is 11.1 Å². The van der Waals surface area contributed by atoms with Gasteiger partial charge in [-0.1, -0.05) is 17.3 Å². The fraction of sp³-hybridized carbons (Fsp3) is 0.263. The van der Waals surface area contributed by atoms with Crippen LogP contribution in [-0.4, -0.2) is 38.6 Å². The normalized spacial score (nSPS) is 16.9. The van der Waals surface area contributed by atoms with Crippen LogP contribution in [0.2, 0.25) is 0 Å². The van der Waals surface area contributed by atoms with E-state index in [4.69, 9.17) is 8.94 Å². The van der Waals surface area contributed by atoms with E-state index in [9.17, 15) is 9.59 Å². The van der Waals surface area contributed by atoms with Crippen LogP contribution in [0.3, 0.4) is 0 Å². The lowest BCUT2D eigenvalue weighted by atomic mass is 10.1. The molecular formula is C19H16N4O4S. The Hall–Kier alpha value is -3.20. The number of likely N-dealkylation sites (tertiary alicyclic amines) is 1. The quantitative estimate of drug-likeness (QED) is 0.526. The van der Waals surface area contributed by atoms with E-state index in [1.807, 2.05) is 22.9 Å². The third-order valence-corrected chi connectivity index (χ3v) is 5.67. The molecule has 28 heavy (non-hydrogen) atoms. The highest BCUT2D eigenvalue weighted by atomic mass is 32.1. The minimum absolute atomic E-state index is 0.0258. The lowest BCUT2D eigenvalue weighted by Gasteiger charge is -2.15. The molecule has 0 aliphatic carbocycles. The lowest BCUT2D eigenvalue weighted by molar-refractivity contribution is -0.130. The van der Waals surface area contributed by atoms with E-state index in [0.717, 1.165) is 12.0 Å². The Morgan fingerprint density at radius 1 is 1.29 bits per heavy atom. The molecule has 8 nitrogen and oxygen atoms in total. The first-order valence-electron chi connectivity index (χ1n) is 8.91. The van der Waals surface area contributed by atoms with Crippen LogP contribution in [-0.2, 0) is 11.3 Å². The Bertz CT molecular complexity index is 1190. The molecule has 4 heterocycles. The number of aromatic nitrogens is 3. The van der Waals surface area contributed by atoms with Crippen molar-refractivity contribution in [2.24, 2.45) is 0 Å². The molecule has 0 unspecified atom stereocenters. The number of benzene rings is 1. The number of carbonyl (C=O) groups is 1. The molecule has 142 valence electrons. The van der Waals surface area contributed by atoms with E-state index in [1.54, 1.807) is 34.4 Å². The van der Waals surface area contributed by atoms with Gasteiger partial charge in [0.2, 0.25) is 5.91 Å². The van der Waals surface area contributed by atoms with Crippen molar-refractivity contribution < 1.29 is 13.7 Å².